The average Bonchev–Trinajstić information content (AvgIpc) is 2.87. The van der Waals surface area contributed by atoms with Gasteiger partial charge in [-0.25, -0.2) is 0 Å². The first-order chi connectivity index (χ1) is 10.5. The summed E-state index contributed by atoms with van der Waals surface area (Å²) in [4.78, 5) is 2.24. The van der Waals surface area contributed by atoms with Crippen molar-refractivity contribution in [3.63, 3.8) is 0 Å². The minimum absolute atomic E-state index is 0.199. The highest BCUT2D eigenvalue weighted by atomic mass is 35.5. The van der Waals surface area contributed by atoms with E-state index < -0.39 is 0 Å². The van der Waals surface area contributed by atoms with Crippen LogP contribution in [0.25, 0.3) is 0 Å². The maximum atomic E-state index is 6.11. The second-order valence-electron chi connectivity index (χ2n) is 5.50. The van der Waals surface area contributed by atoms with Crippen molar-refractivity contribution >= 4 is 11.6 Å². The molecule has 0 unspecified atom stereocenters. The van der Waals surface area contributed by atoms with Crippen molar-refractivity contribution in [2.75, 3.05) is 14.2 Å². The quantitative estimate of drug-likeness (QED) is 0.790. The summed E-state index contributed by atoms with van der Waals surface area (Å²) in [5.41, 5.74) is 3.26. The fourth-order valence-electron chi connectivity index (χ4n) is 2.71. The summed E-state index contributed by atoms with van der Waals surface area (Å²) in [5.74, 6) is 1.73. The molecule has 0 N–H and O–H groups in total. The highest BCUT2D eigenvalue weighted by molar-refractivity contribution is 6.30. The predicted molar refractivity (Wildman–Crippen MR) is 88.5 cm³/mol. The topological polar surface area (TPSA) is 38.5 Å². The largest absolute Gasteiger partial charge is 0.496 e. The lowest BCUT2D eigenvalue weighted by molar-refractivity contribution is 0.246. The van der Waals surface area contributed by atoms with Crippen LogP contribution in [0.2, 0.25) is 5.02 Å². The van der Waals surface area contributed by atoms with Crippen LogP contribution in [0.3, 0.4) is 0 Å². The first kappa shape index (κ1) is 16.8. The van der Waals surface area contributed by atoms with Crippen LogP contribution >= 0.6 is 11.6 Å². The van der Waals surface area contributed by atoms with Crippen LogP contribution in [-0.2, 0) is 13.0 Å². The van der Waals surface area contributed by atoms with Gasteiger partial charge in [-0.05, 0) is 45.5 Å². The number of hydrogen-bond acceptors (Lipinski definition) is 4. The van der Waals surface area contributed by atoms with Crippen LogP contribution in [0.1, 0.15) is 42.5 Å². The lowest BCUT2D eigenvalue weighted by Crippen LogP contribution is -2.23. The van der Waals surface area contributed by atoms with Gasteiger partial charge in [0.25, 0.3) is 0 Å². The number of ether oxygens (including phenoxy) is 1. The molecule has 5 heteroatoms. The Kier molecular flexibility index (Phi) is 5.48. The monoisotopic (exact) mass is 322 g/mol. The maximum Gasteiger partial charge on any atom is 0.138 e. The Morgan fingerprint density at radius 3 is 2.77 bits per heavy atom. The Morgan fingerprint density at radius 2 is 2.14 bits per heavy atom. The van der Waals surface area contributed by atoms with Gasteiger partial charge in [0.1, 0.15) is 11.5 Å². The highest BCUT2D eigenvalue weighted by Crippen LogP contribution is 2.30. The third kappa shape index (κ3) is 3.45. The molecule has 0 aliphatic carbocycles. The Bertz CT molecular complexity index is 640. The second kappa shape index (κ2) is 7.16. The number of methoxy groups -OCH3 is 1. The molecular weight excluding hydrogens is 300 g/mol. The molecule has 0 spiro atoms. The van der Waals surface area contributed by atoms with Gasteiger partial charge in [-0.2, -0.15) is 0 Å². The van der Waals surface area contributed by atoms with Gasteiger partial charge in [0, 0.05) is 28.7 Å². The van der Waals surface area contributed by atoms with Gasteiger partial charge in [0.15, 0.2) is 0 Å². The number of halogens is 1. The molecule has 0 amide bonds. The molecule has 1 aromatic heterocycles. The summed E-state index contributed by atoms with van der Waals surface area (Å²) in [6.45, 7) is 6.95. The molecule has 0 saturated heterocycles. The fourth-order valence-corrected chi connectivity index (χ4v) is 2.91. The molecule has 1 atom stereocenters. The molecule has 0 radical (unpaired) electrons. The van der Waals surface area contributed by atoms with Crippen molar-refractivity contribution in [3.8, 4) is 5.75 Å². The molecule has 2 rings (SSSR count). The SMILES string of the molecule is CCc1noc(C)c1[C@H](C)N(C)Cc1cc(Cl)ccc1OC. The Balaban J connectivity index is 2.23. The van der Waals surface area contributed by atoms with Gasteiger partial charge < -0.3 is 9.26 Å². The van der Waals surface area contributed by atoms with E-state index in [0.717, 1.165) is 35.7 Å². The molecular formula is C17H23ClN2O2. The summed E-state index contributed by atoms with van der Waals surface area (Å²) < 4.78 is 10.8. The predicted octanol–water partition coefficient (Wildman–Crippen LogP) is 4.40. The van der Waals surface area contributed by atoms with E-state index in [9.17, 15) is 0 Å². The van der Waals surface area contributed by atoms with Crippen molar-refractivity contribution in [2.45, 2.75) is 39.8 Å². The summed E-state index contributed by atoms with van der Waals surface area (Å²) >= 11 is 6.11. The molecule has 22 heavy (non-hydrogen) atoms. The third-order valence-electron chi connectivity index (χ3n) is 4.06. The number of aromatic nitrogens is 1. The van der Waals surface area contributed by atoms with E-state index >= 15 is 0 Å². The molecule has 2 aromatic rings. The number of benzene rings is 1. The zero-order chi connectivity index (χ0) is 16.3. The van der Waals surface area contributed by atoms with Crippen molar-refractivity contribution in [3.05, 3.63) is 45.8 Å². The lowest BCUT2D eigenvalue weighted by Gasteiger charge is -2.25. The van der Waals surface area contributed by atoms with Crippen LogP contribution in [0, 0.1) is 6.92 Å². The minimum Gasteiger partial charge on any atom is -0.496 e. The zero-order valence-corrected chi connectivity index (χ0v) is 14.6. The normalized spacial score (nSPS) is 12.7. The van der Waals surface area contributed by atoms with Crippen molar-refractivity contribution in [2.24, 2.45) is 0 Å². The van der Waals surface area contributed by atoms with Crippen LogP contribution in [0.15, 0.2) is 22.7 Å². The molecule has 0 bridgehead atoms. The van der Waals surface area contributed by atoms with Gasteiger partial charge in [-0.3, -0.25) is 4.90 Å². The van der Waals surface area contributed by atoms with Crippen molar-refractivity contribution in [1.29, 1.82) is 0 Å². The molecule has 1 heterocycles. The summed E-state index contributed by atoms with van der Waals surface area (Å²) in [5, 5.41) is 4.86. The Morgan fingerprint density at radius 1 is 1.41 bits per heavy atom. The number of nitrogens with zero attached hydrogens (tertiary/aromatic N) is 2. The van der Waals surface area contributed by atoms with E-state index in [-0.39, 0.29) is 6.04 Å². The number of aryl methyl sites for hydroxylation is 2. The van der Waals surface area contributed by atoms with Crippen LogP contribution in [-0.4, -0.2) is 24.2 Å². The second-order valence-corrected chi connectivity index (χ2v) is 5.94. The zero-order valence-electron chi connectivity index (χ0n) is 13.8. The van der Waals surface area contributed by atoms with Crippen molar-refractivity contribution in [1.82, 2.24) is 10.1 Å². The van der Waals surface area contributed by atoms with E-state index in [1.54, 1.807) is 7.11 Å². The lowest BCUT2D eigenvalue weighted by atomic mass is 10.0. The molecule has 0 aliphatic rings. The van der Waals surface area contributed by atoms with E-state index in [0.29, 0.717) is 5.02 Å². The van der Waals surface area contributed by atoms with E-state index in [1.807, 2.05) is 25.1 Å². The van der Waals surface area contributed by atoms with Crippen molar-refractivity contribution < 1.29 is 9.26 Å². The molecule has 4 nitrogen and oxygen atoms in total. The molecule has 120 valence electrons. The van der Waals surface area contributed by atoms with Crippen LogP contribution in [0.5, 0.6) is 5.75 Å². The van der Waals surface area contributed by atoms with Gasteiger partial charge in [-0.1, -0.05) is 23.7 Å². The van der Waals surface area contributed by atoms with E-state index in [4.69, 9.17) is 20.9 Å². The third-order valence-corrected chi connectivity index (χ3v) is 4.29. The van der Waals surface area contributed by atoms with E-state index in [1.165, 1.54) is 5.56 Å². The fraction of sp³-hybridized carbons (Fsp3) is 0.471. The highest BCUT2D eigenvalue weighted by Gasteiger charge is 2.22. The molecule has 0 saturated carbocycles. The molecule has 0 fully saturated rings. The number of rotatable bonds is 6. The summed E-state index contributed by atoms with van der Waals surface area (Å²) in [6, 6.07) is 5.89. The standard InChI is InChI=1S/C17H23ClN2O2/c1-6-15-17(12(3)22-19-15)11(2)20(4)10-13-9-14(18)7-8-16(13)21-5/h7-9,11H,6,10H2,1-5H3/t11-/m0/s1. The minimum atomic E-state index is 0.199. The molecule has 1 aromatic carbocycles. The number of hydrogen-bond donors (Lipinski definition) is 0. The Hall–Kier alpha value is -1.52. The first-order valence-electron chi connectivity index (χ1n) is 7.45. The maximum absolute atomic E-state index is 6.11. The van der Waals surface area contributed by atoms with Gasteiger partial charge >= 0.3 is 0 Å². The summed E-state index contributed by atoms with van der Waals surface area (Å²) in [7, 11) is 3.76. The smallest absolute Gasteiger partial charge is 0.138 e. The first-order valence-corrected chi connectivity index (χ1v) is 7.83. The van der Waals surface area contributed by atoms with Crippen LogP contribution < -0.4 is 4.74 Å². The van der Waals surface area contributed by atoms with E-state index in [2.05, 4.69) is 31.0 Å². The van der Waals surface area contributed by atoms with Gasteiger partial charge in [0.2, 0.25) is 0 Å². The van der Waals surface area contributed by atoms with Gasteiger partial charge in [0.05, 0.1) is 12.8 Å². The average molecular weight is 323 g/mol. The summed E-state index contributed by atoms with van der Waals surface area (Å²) in [6.07, 6.45) is 0.866. The Labute approximate surface area is 137 Å². The van der Waals surface area contributed by atoms with Crippen LogP contribution in [0.4, 0.5) is 0 Å². The van der Waals surface area contributed by atoms with Gasteiger partial charge in [-0.15, -0.1) is 0 Å². The molecule has 0 aliphatic heterocycles.